The summed E-state index contributed by atoms with van der Waals surface area (Å²) in [6, 6.07) is 14.0. The Morgan fingerprint density at radius 1 is 1.25 bits per heavy atom. The Morgan fingerprint density at radius 3 is 2.78 bits per heavy atom. The molecule has 10 heteroatoms. The van der Waals surface area contributed by atoms with E-state index in [4.69, 9.17) is 9.47 Å². The predicted molar refractivity (Wildman–Crippen MR) is 123 cm³/mol. The number of benzene rings is 2. The number of fused-ring (bicyclic) bond motifs is 1. The monoisotopic (exact) mass is 473 g/mol. The SMILES string of the molecule is CCOC(=O)c1ncsc1N(Cc1ccccc1)S(=O)(=O)c1ccc2c(c1)OCCN2C. The van der Waals surface area contributed by atoms with Crippen LogP contribution in [-0.4, -0.2) is 46.2 Å². The predicted octanol–water partition coefficient (Wildman–Crippen LogP) is 3.54. The summed E-state index contributed by atoms with van der Waals surface area (Å²) in [5.74, 6) is -0.151. The van der Waals surface area contributed by atoms with Gasteiger partial charge in [-0.15, -0.1) is 11.3 Å². The molecule has 0 bridgehead atoms. The van der Waals surface area contributed by atoms with Crippen molar-refractivity contribution in [1.82, 2.24) is 4.98 Å². The fourth-order valence-corrected chi connectivity index (χ4v) is 5.88. The van der Waals surface area contributed by atoms with Gasteiger partial charge < -0.3 is 14.4 Å². The van der Waals surface area contributed by atoms with Crippen molar-refractivity contribution >= 4 is 38.0 Å². The Balaban J connectivity index is 1.80. The molecule has 0 saturated heterocycles. The van der Waals surface area contributed by atoms with E-state index in [-0.39, 0.29) is 28.7 Å². The average Bonchev–Trinajstić information content (AvgIpc) is 3.28. The third-order valence-corrected chi connectivity index (χ3v) is 7.73. The first-order valence-corrected chi connectivity index (χ1v) is 12.4. The van der Waals surface area contributed by atoms with E-state index in [0.717, 1.165) is 29.1 Å². The van der Waals surface area contributed by atoms with Crippen LogP contribution in [0.3, 0.4) is 0 Å². The minimum absolute atomic E-state index is 0.0229. The van der Waals surface area contributed by atoms with Crippen molar-refractivity contribution in [1.29, 1.82) is 0 Å². The normalized spacial score (nSPS) is 13.2. The fourth-order valence-electron chi connectivity index (χ4n) is 3.40. The zero-order valence-corrected chi connectivity index (χ0v) is 19.4. The van der Waals surface area contributed by atoms with Gasteiger partial charge in [-0.2, -0.15) is 0 Å². The van der Waals surface area contributed by atoms with E-state index in [0.29, 0.717) is 12.4 Å². The van der Waals surface area contributed by atoms with Crippen molar-refractivity contribution in [2.45, 2.75) is 18.4 Å². The maximum Gasteiger partial charge on any atom is 0.360 e. The lowest BCUT2D eigenvalue weighted by molar-refractivity contribution is 0.0521. The number of rotatable bonds is 7. The van der Waals surface area contributed by atoms with E-state index in [1.54, 1.807) is 19.1 Å². The zero-order valence-electron chi connectivity index (χ0n) is 17.7. The third-order valence-electron chi connectivity index (χ3n) is 5.03. The number of hydrogen-bond acceptors (Lipinski definition) is 8. The van der Waals surface area contributed by atoms with Crippen LogP contribution in [0, 0.1) is 0 Å². The van der Waals surface area contributed by atoms with Crippen LogP contribution in [-0.2, 0) is 21.3 Å². The number of likely N-dealkylation sites (N-methyl/N-ethyl adjacent to an activating group) is 1. The maximum absolute atomic E-state index is 13.8. The van der Waals surface area contributed by atoms with Gasteiger partial charge in [0, 0.05) is 13.1 Å². The highest BCUT2D eigenvalue weighted by molar-refractivity contribution is 7.93. The molecule has 4 rings (SSSR count). The first-order chi connectivity index (χ1) is 15.4. The van der Waals surface area contributed by atoms with Crippen molar-refractivity contribution in [3.05, 3.63) is 65.3 Å². The average molecular weight is 474 g/mol. The number of anilines is 2. The first kappa shape index (κ1) is 22.1. The van der Waals surface area contributed by atoms with Crippen LogP contribution >= 0.6 is 11.3 Å². The van der Waals surface area contributed by atoms with E-state index in [1.165, 1.54) is 15.9 Å². The molecule has 168 valence electrons. The van der Waals surface area contributed by atoms with E-state index in [9.17, 15) is 13.2 Å². The van der Waals surface area contributed by atoms with Crippen LogP contribution in [0.5, 0.6) is 5.75 Å². The Morgan fingerprint density at radius 2 is 2.03 bits per heavy atom. The molecule has 0 amide bonds. The molecular formula is C22H23N3O5S2. The van der Waals surface area contributed by atoms with Gasteiger partial charge in [-0.25, -0.2) is 18.2 Å². The number of aromatic nitrogens is 1. The molecule has 3 aromatic rings. The summed E-state index contributed by atoms with van der Waals surface area (Å²) in [7, 11) is -2.12. The molecule has 1 aliphatic heterocycles. The quantitative estimate of drug-likeness (QED) is 0.485. The molecule has 2 aromatic carbocycles. The van der Waals surface area contributed by atoms with E-state index < -0.39 is 16.0 Å². The zero-order chi connectivity index (χ0) is 22.7. The van der Waals surface area contributed by atoms with Gasteiger partial charge in [0.1, 0.15) is 17.4 Å². The molecule has 2 heterocycles. The van der Waals surface area contributed by atoms with Crippen molar-refractivity contribution < 1.29 is 22.7 Å². The molecule has 0 radical (unpaired) electrons. The highest BCUT2D eigenvalue weighted by atomic mass is 32.2. The molecule has 0 unspecified atom stereocenters. The summed E-state index contributed by atoms with van der Waals surface area (Å²) in [6.45, 7) is 3.09. The number of carbonyl (C=O) groups is 1. The summed E-state index contributed by atoms with van der Waals surface area (Å²) < 4.78 is 39.6. The largest absolute Gasteiger partial charge is 0.490 e. The van der Waals surface area contributed by atoms with Gasteiger partial charge in [0.05, 0.1) is 35.8 Å². The maximum atomic E-state index is 13.8. The Labute approximate surface area is 191 Å². The van der Waals surface area contributed by atoms with Crippen LogP contribution in [0.2, 0.25) is 0 Å². The number of nitrogens with zero attached hydrogens (tertiary/aromatic N) is 3. The number of thiazole rings is 1. The molecule has 0 N–H and O–H groups in total. The van der Waals surface area contributed by atoms with E-state index in [1.807, 2.05) is 42.3 Å². The van der Waals surface area contributed by atoms with Gasteiger partial charge in [0.15, 0.2) is 5.69 Å². The molecule has 8 nitrogen and oxygen atoms in total. The molecule has 0 spiro atoms. The lowest BCUT2D eigenvalue weighted by Crippen LogP contribution is -2.32. The second kappa shape index (κ2) is 9.17. The highest BCUT2D eigenvalue weighted by Crippen LogP contribution is 2.37. The molecule has 1 aromatic heterocycles. The molecular weight excluding hydrogens is 450 g/mol. The second-order valence-electron chi connectivity index (χ2n) is 7.12. The standard InChI is InChI=1S/C22H23N3O5S2/c1-3-29-22(26)20-21(31-15-23-20)25(14-16-7-5-4-6-8-16)32(27,28)17-9-10-18-19(13-17)30-12-11-24(18)2/h4-10,13,15H,3,11-12,14H2,1-2H3. The van der Waals surface area contributed by atoms with Crippen LogP contribution in [0.15, 0.2) is 58.9 Å². The van der Waals surface area contributed by atoms with Gasteiger partial charge in [0.25, 0.3) is 10.0 Å². The smallest absolute Gasteiger partial charge is 0.360 e. The highest BCUT2D eigenvalue weighted by Gasteiger charge is 2.32. The summed E-state index contributed by atoms with van der Waals surface area (Å²) in [6.07, 6.45) is 0. The minimum atomic E-state index is -4.05. The van der Waals surface area contributed by atoms with Gasteiger partial charge in [-0.05, 0) is 24.6 Å². The van der Waals surface area contributed by atoms with Gasteiger partial charge in [0.2, 0.25) is 0 Å². The first-order valence-electron chi connectivity index (χ1n) is 10.1. The summed E-state index contributed by atoms with van der Waals surface area (Å²) in [4.78, 5) is 18.6. The van der Waals surface area contributed by atoms with Crippen molar-refractivity contribution in [3.63, 3.8) is 0 Å². The Bertz CT molecular complexity index is 1210. The van der Waals surface area contributed by atoms with Crippen LogP contribution in [0.25, 0.3) is 0 Å². The second-order valence-corrected chi connectivity index (χ2v) is 9.82. The van der Waals surface area contributed by atoms with Crippen LogP contribution in [0.4, 0.5) is 10.7 Å². The molecule has 0 aliphatic carbocycles. The van der Waals surface area contributed by atoms with Crippen molar-refractivity contribution in [2.75, 3.05) is 36.0 Å². The molecule has 32 heavy (non-hydrogen) atoms. The van der Waals surface area contributed by atoms with Gasteiger partial charge >= 0.3 is 5.97 Å². The topological polar surface area (TPSA) is 89.0 Å². The van der Waals surface area contributed by atoms with Gasteiger partial charge in [-0.1, -0.05) is 30.3 Å². The number of sulfonamides is 1. The van der Waals surface area contributed by atoms with Gasteiger partial charge in [-0.3, -0.25) is 4.31 Å². The number of hydrogen-bond donors (Lipinski definition) is 0. The minimum Gasteiger partial charge on any atom is -0.490 e. The molecule has 0 saturated carbocycles. The number of ether oxygens (including phenoxy) is 2. The number of carbonyl (C=O) groups excluding carboxylic acids is 1. The summed E-state index contributed by atoms with van der Waals surface area (Å²) in [5.41, 5.74) is 3.02. The Kier molecular flexibility index (Phi) is 6.33. The Hall–Kier alpha value is -3.11. The molecule has 1 aliphatic rings. The van der Waals surface area contributed by atoms with Crippen molar-refractivity contribution in [2.24, 2.45) is 0 Å². The van der Waals surface area contributed by atoms with Crippen LogP contribution in [0.1, 0.15) is 23.0 Å². The van der Waals surface area contributed by atoms with Crippen molar-refractivity contribution in [3.8, 4) is 5.75 Å². The molecule has 0 fully saturated rings. The van der Waals surface area contributed by atoms with E-state index in [2.05, 4.69) is 4.98 Å². The lowest BCUT2D eigenvalue weighted by Gasteiger charge is -2.29. The summed E-state index contributed by atoms with van der Waals surface area (Å²) in [5, 5.41) is 0.211. The molecule has 0 atom stereocenters. The van der Waals surface area contributed by atoms with Crippen LogP contribution < -0.4 is 13.9 Å². The van der Waals surface area contributed by atoms with E-state index >= 15 is 0 Å². The number of esters is 1. The lowest BCUT2D eigenvalue weighted by atomic mass is 10.2. The fraction of sp³-hybridized carbons (Fsp3) is 0.273. The third kappa shape index (κ3) is 4.28. The summed E-state index contributed by atoms with van der Waals surface area (Å²) >= 11 is 1.08.